The van der Waals surface area contributed by atoms with E-state index in [1.54, 1.807) is 12.1 Å². The Kier molecular flexibility index (Phi) is 4.21. The van der Waals surface area contributed by atoms with Crippen molar-refractivity contribution in [1.29, 1.82) is 0 Å². The lowest BCUT2D eigenvalue weighted by molar-refractivity contribution is 0.0958. The van der Waals surface area contributed by atoms with Crippen LogP contribution in [0.2, 0.25) is 4.34 Å². The molecule has 0 spiro atoms. The maximum atomic E-state index is 11.3. The largest absolute Gasteiger partial charge is 0.350 e. The summed E-state index contributed by atoms with van der Waals surface area (Å²) in [6, 6.07) is 3.45. The van der Waals surface area contributed by atoms with E-state index in [0.717, 1.165) is 6.54 Å². The highest BCUT2D eigenvalue weighted by Crippen LogP contribution is 2.20. The van der Waals surface area contributed by atoms with Crippen LogP contribution in [0.15, 0.2) is 12.1 Å². The standard InChI is InChI=1S/C8H11ClN2OS/c1-10-4-5-11-8(12)6-2-3-7(9)13-6/h2-3,10H,4-5H2,1H3,(H,11,12). The second-order valence-electron chi connectivity index (χ2n) is 2.46. The summed E-state index contributed by atoms with van der Waals surface area (Å²) >= 11 is 6.98. The van der Waals surface area contributed by atoms with Crippen molar-refractivity contribution in [1.82, 2.24) is 10.6 Å². The number of carbonyl (C=O) groups excluding carboxylic acids is 1. The third kappa shape index (κ3) is 3.34. The van der Waals surface area contributed by atoms with E-state index in [9.17, 15) is 4.79 Å². The monoisotopic (exact) mass is 218 g/mol. The summed E-state index contributed by atoms with van der Waals surface area (Å²) in [4.78, 5) is 12.0. The number of thiophene rings is 1. The minimum atomic E-state index is -0.0628. The van der Waals surface area contributed by atoms with Crippen LogP contribution in [0.4, 0.5) is 0 Å². The van der Waals surface area contributed by atoms with Crippen molar-refractivity contribution in [2.24, 2.45) is 0 Å². The van der Waals surface area contributed by atoms with Crippen molar-refractivity contribution < 1.29 is 4.79 Å². The predicted molar refractivity (Wildman–Crippen MR) is 55.6 cm³/mol. The lowest BCUT2D eigenvalue weighted by Gasteiger charge is -2.01. The van der Waals surface area contributed by atoms with Gasteiger partial charge in [-0.25, -0.2) is 0 Å². The molecule has 0 aliphatic heterocycles. The summed E-state index contributed by atoms with van der Waals surface area (Å²) in [5.41, 5.74) is 0. The molecule has 0 radical (unpaired) electrons. The van der Waals surface area contributed by atoms with Gasteiger partial charge in [-0.05, 0) is 19.2 Å². The number of hydrogen-bond acceptors (Lipinski definition) is 3. The highest BCUT2D eigenvalue weighted by atomic mass is 35.5. The topological polar surface area (TPSA) is 41.1 Å². The highest BCUT2D eigenvalue weighted by molar-refractivity contribution is 7.17. The SMILES string of the molecule is CNCCNC(=O)c1ccc(Cl)s1. The Hall–Kier alpha value is -0.580. The van der Waals surface area contributed by atoms with Gasteiger partial charge in [0, 0.05) is 13.1 Å². The first kappa shape index (κ1) is 10.5. The molecule has 13 heavy (non-hydrogen) atoms. The molecule has 0 bridgehead atoms. The second-order valence-corrected chi connectivity index (χ2v) is 4.18. The van der Waals surface area contributed by atoms with Crippen LogP contribution in [0.25, 0.3) is 0 Å². The first-order valence-electron chi connectivity index (χ1n) is 3.92. The van der Waals surface area contributed by atoms with Gasteiger partial charge in [-0.15, -0.1) is 11.3 Å². The van der Waals surface area contributed by atoms with Crippen molar-refractivity contribution in [3.8, 4) is 0 Å². The Morgan fingerprint density at radius 1 is 1.54 bits per heavy atom. The smallest absolute Gasteiger partial charge is 0.261 e. The zero-order chi connectivity index (χ0) is 9.68. The molecule has 1 amide bonds. The molecule has 0 saturated carbocycles. The molecule has 1 aromatic heterocycles. The number of likely N-dealkylation sites (N-methyl/N-ethyl adjacent to an activating group) is 1. The van der Waals surface area contributed by atoms with E-state index in [1.165, 1.54) is 11.3 Å². The summed E-state index contributed by atoms with van der Waals surface area (Å²) in [7, 11) is 1.84. The normalized spacial score (nSPS) is 10.0. The number of carbonyl (C=O) groups is 1. The van der Waals surface area contributed by atoms with Gasteiger partial charge in [0.25, 0.3) is 5.91 Å². The molecule has 1 heterocycles. The molecule has 72 valence electrons. The minimum Gasteiger partial charge on any atom is -0.350 e. The van der Waals surface area contributed by atoms with Gasteiger partial charge < -0.3 is 10.6 Å². The average Bonchev–Trinajstić information content (AvgIpc) is 2.52. The summed E-state index contributed by atoms with van der Waals surface area (Å²) < 4.78 is 0.638. The molecule has 0 fully saturated rings. The molecule has 1 aromatic rings. The van der Waals surface area contributed by atoms with Gasteiger partial charge in [-0.3, -0.25) is 4.79 Å². The summed E-state index contributed by atoms with van der Waals surface area (Å²) in [5, 5.41) is 5.71. The van der Waals surface area contributed by atoms with Crippen LogP contribution in [0, 0.1) is 0 Å². The molecular weight excluding hydrogens is 208 g/mol. The van der Waals surface area contributed by atoms with E-state index in [1.807, 2.05) is 7.05 Å². The van der Waals surface area contributed by atoms with Crippen LogP contribution < -0.4 is 10.6 Å². The van der Waals surface area contributed by atoms with Crippen LogP contribution >= 0.6 is 22.9 Å². The van der Waals surface area contributed by atoms with E-state index < -0.39 is 0 Å². The summed E-state index contributed by atoms with van der Waals surface area (Å²) in [6.07, 6.45) is 0. The number of amides is 1. The van der Waals surface area contributed by atoms with E-state index in [4.69, 9.17) is 11.6 Å². The average molecular weight is 219 g/mol. The Labute approximate surface area is 86.1 Å². The van der Waals surface area contributed by atoms with Gasteiger partial charge in [0.1, 0.15) is 0 Å². The van der Waals surface area contributed by atoms with Crippen LogP contribution in [-0.2, 0) is 0 Å². The molecule has 1 rings (SSSR count). The molecule has 0 unspecified atom stereocenters. The third-order valence-corrected chi connectivity index (χ3v) is 2.69. The van der Waals surface area contributed by atoms with Gasteiger partial charge in [0.15, 0.2) is 0 Å². The Bertz CT molecular complexity index is 287. The van der Waals surface area contributed by atoms with Crippen LogP contribution in [0.1, 0.15) is 9.67 Å². The van der Waals surface area contributed by atoms with Crippen LogP contribution in [0.3, 0.4) is 0 Å². The number of hydrogen-bond donors (Lipinski definition) is 2. The van der Waals surface area contributed by atoms with Crippen LogP contribution in [-0.4, -0.2) is 26.0 Å². The van der Waals surface area contributed by atoms with Gasteiger partial charge in [0.05, 0.1) is 9.21 Å². The van der Waals surface area contributed by atoms with Gasteiger partial charge in [0.2, 0.25) is 0 Å². The van der Waals surface area contributed by atoms with E-state index in [-0.39, 0.29) is 5.91 Å². The molecule has 0 aromatic carbocycles. The molecule has 0 aliphatic carbocycles. The van der Waals surface area contributed by atoms with Gasteiger partial charge in [-0.1, -0.05) is 11.6 Å². The van der Waals surface area contributed by atoms with E-state index in [0.29, 0.717) is 15.8 Å². The third-order valence-electron chi connectivity index (χ3n) is 1.46. The molecule has 0 saturated heterocycles. The number of halogens is 1. The Morgan fingerprint density at radius 3 is 2.85 bits per heavy atom. The summed E-state index contributed by atoms with van der Waals surface area (Å²) in [5.74, 6) is -0.0628. The first-order chi connectivity index (χ1) is 6.24. The van der Waals surface area contributed by atoms with Crippen molar-refractivity contribution >= 4 is 28.8 Å². The number of nitrogens with one attached hydrogen (secondary N) is 2. The van der Waals surface area contributed by atoms with Crippen molar-refractivity contribution in [3.05, 3.63) is 21.3 Å². The molecule has 0 atom stereocenters. The van der Waals surface area contributed by atoms with Crippen molar-refractivity contribution in [3.63, 3.8) is 0 Å². The summed E-state index contributed by atoms with van der Waals surface area (Å²) in [6.45, 7) is 1.40. The molecule has 3 nitrogen and oxygen atoms in total. The molecule has 5 heteroatoms. The maximum Gasteiger partial charge on any atom is 0.261 e. The lowest BCUT2D eigenvalue weighted by Crippen LogP contribution is -2.29. The fourth-order valence-electron chi connectivity index (χ4n) is 0.824. The highest BCUT2D eigenvalue weighted by Gasteiger charge is 2.06. The molecule has 0 aliphatic rings. The number of rotatable bonds is 4. The minimum absolute atomic E-state index is 0.0628. The van der Waals surface area contributed by atoms with Gasteiger partial charge in [-0.2, -0.15) is 0 Å². The van der Waals surface area contributed by atoms with E-state index in [2.05, 4.69) is 10.6 Å². The Balaban J connectivity index is 2.40. The van der Waals surface area contributed by atoms with Crippen LogP contribution in [0.5, 0.6) is 0 Å². The lowest BCUT2D eigenvalue weighted by atomic mass is 10.4. The Morgan fingerprint density at radius 2 is 2.31 bits per heavy atom. The fourth-order valence-corrected chi connectivity index (χ4v) is 1.78. The first-order valence-corrected chi connectivity index (χ1v) is 5.11. The fraction of sp³-hybridized carbons (Fsp3) is 0.375. The zero-order valence-corrected chi connectivity index (χ0v) is 8.84. The zero-order valence-electron chi connectivity index (χ0n) is 7.26. The van der Waals surface area contributed by atoms with E-state index >= 15 is 0 Å². The van der Waals surface area contributed by atoms with Gasteiger partial charge >= 0.3 is 0 Å². The van der Waals surface area contributed by atoms with Crippen molar-refractivity contribution in [2.45, 2.75) is 0 Å². The molecular formula is C8H11ClN2OS. The van der Waals surface area contributed by atoms with Crippen molar-refractivity contribution in [2.75, 3.05) is 20.1 Å². The molecule has 2 N–H and O–H groups in total. The maximum absolute atomic E-state index is 11.3. The second kappa shape index (κ2) is 5.21. The quantitative estimate of drug-likeness (QED) is 0.750. The predicted octanol–water partition coefficient (Wildman–Crippen LogP) is 1.35.